The average Bonchev–Trinajstić information content (AvgIpc) is 3.44. The van der Waals surface area contributed by atoms with Crippen molar-refractivity contribution in [2.75, 3.05) is 37.9 Å². The van der Waals surface area contributed by atoms with Crippen molar-refractivity contribution in [2.45, 2.75) is 38.6 Å². The summed E-state index contributed by atoms with van der Waals surface area (Å²) in [6, 6.07) is 11.4. The van der Waals surface area contributed by atoms with Crippen molar-refractivity contribution in [3.8, 4) is 22.8 Å². The molecule has 5 rings (SSSR count). The van der Waals surface area contributed by atoms with Crippen LogP contribution in [0.5, 0.6) is 11.5 Å². The van der Waals surface area contributed by atoms with Gasteiger partial charge in [-0.1, -0.05) is 24.1 Å². The minimum atomic E-state index is -0.906. The molecule has 0 spiro atoms. The highest BCUT2D eigenvalue weighted by Crippen LogP contribution is 2.34. The Morgan fingerprint density at radius 1 is 0.882 bits per heavy atom. The second kappa shape index (κ2) is 10.4. The van der Waals surface area contributed by atoms with Gasteiger partial charge in [-0.05, 0) is 74.8 Å². The van der Waals surface area contributed by atoms with Gasteiger partial charge in [-0.15, -0.1) is 0 Å². The fraction of sp³-hybridized carbons (Fsp3) is 0.423. The number of ether oxygens (including phenoxy) is 2. The van der Waals surface area contributed by atoms with Gasteiger partial charge in [0.15, 0.2) is 23.1 Å². The molecule has 3 heterocycles. The fourth-order valence-corrected chi connectivity index (χ4v) is 4.58. The van der Waals surface area contributed by atoms with E-state index in [4.69, 9.17) is 14.0 Å². The first kappa shape index (κ1) is 22.7. The quantitative estimate of drug-likeness (QED) is 0.427. The molecule has 6 nitrogen and oxygen atoms in total. The molecule has 2 aromatic carbocycles. The van der Waals surface area contributed by atoms with Crippen LogP contribution in [0.2, 0.25) is 0 Å². The molecule has 8 heteroatoms. The van der Waals surface area contributed by atoms with Gasteiger partial charge in [0.25, 0.3) is 0 Å². The Balaban J connectivity index is 1.32. The highest BCUT2D eigenvalue weighted by molar-refractivity contribution is 5.62. The van der Waals surface area contributed by atoms with Gasteiger partial charge in [0.1, 0.15) is 5.69 Å². The molecular formula is C26H29F2N3O3. The Bertz CT molecular complexity index is 1110. The SMILES string of the molecule is Fc1ccc(-c2cc(N(CCCN3CCCCCC3)Cc3ccc4c(c3)OCO4)on2)cc1F. The van der Waals surface area contributed by atoms with Crippen molar-refractivity contribution in [3.63, 3.8) is 0 Å². The van der Waals surface area contributed by atoms with E-state index >= 15 is 0 Å². The second-order valence-electron chi connectivity index (χ2n) is 8.90. The minimum absolute atomic E-state index is 0.234. The summed E-state index contributed by atoms with van der Waals surface area (Å²) >= 11 is 0. The predicted molar refractivity (Wildman–Crippen MR) is 125 cm³/mol. The molecule has 0 aliphatic carbocycles. The molecule has 0 saturated carbocycles. The smallest absolute Gasteiger partial charge is 0.231 e. The van der Waals surface area contributed by atoms with Gasteiger partial charge in [-0.3, -0.25) is 0 Å². The first-order valence-electron chi connectivity index (χ1n) is 11.9. The normalized spacial score (nSPS) is 15.9. The van der Waals surface area contributed by atoms with Crippen molar-refractivity contribution >= 4 is 5.88 Å². The Labute approximate surface area is 198 Å². The van der Waals surface area contributed by atoms with Gasteiger partial charge in [0, 0.05) is 24.7 Å². The summed E-state index contributed by atoms with van der Waals surface area (Å²) in [7, 11) is 0. The second-order valence-corrected chi connectivity index (χ2v) is 8.90. The summed E-state index contributed by atoms with van der Waals surface area (Å²) in [4.78, 5) is 4.67. The lowest BCUT2D eigenvalue weighted by molar-refractivity contribution is 0.174. The lowest BCUT2D eigenvalue weighted by Gasteiger charge is -2.24. The van der Waals surface area contributed by atoms with E-state index in [1.807, 2.05) is 18.2 Å². The summed E-state index contributed by atoms with van der Waals surface area (Å²) < 4.78 is 43.7. The van der Waals surface area contributed by atoms with Gasteiger partial charge < -0.3 is 23.8 Å². The molecule has 34 heavy (non-hydrogen) atoms. The van der Waals surface area contributed by atoms with Crippen LogP contribution in [-0.4, -0.2) is 43.0 Å². The van der Waals surface area contributed by atoms with Gasteiger partial charge in [0.05, 0.1) is 0 Å². The number of likely N-dealkylation sites (tertiary alicyclic amines) is 1. The Morgan fingerprint density at radius 3 is 2.53 bits per heavy atom. The lowest BCUT2D eigenvalue weighted by atomic mass is 10.1. The van der Waals surface area contributed by atoms with Crippen LogP contribution in [0.15, 0.2) is 47.0 Å². The van der Waals surface area contributed by atoms with Crippen LogP contribution >= 0.6 is 0 Å². The highest BCUT2D eigenvalue weighted by atomic mass is 19.2. The average molecular weight is 470 g/mol. The van der Waals surface area contributed by atoms with Crippen molar-refractivity contribution in [3.05, 3.63) is 59.7 Å². The van der Waals surface area contributed by atoms with Gasteiger partial charge >= 0.3 is 0 Å². The molecule has 1 aromatic heterocycles. The maximum atomic E-state index is 13.7. The van der Waals surface area contributed by atoms with Crippen LogP contribution in [0.1, 0.15) is 37.7 Å². The number of anilines is 1. The minimum Gasteiger partial charge on any atom is -0.454 e. The van der Waals surface area contributed by atoms with Crippen molar-refractivity contribution in [1.29, 1.82) is 0 Å². The zero-order chi connectivity index (χ0) is 23.3. The number of aromatic nitrogens is 1. The number of benzene rings is 2. The van der Waals surface area contributed by atoms with Crippen LogP contribution in [0.4, 0.5) is 14.7 Å². The molecule has 1 fully saturated rings. The monoisotopic (exact) mass is 469 g/mol. The molecule has 180 valence electrons. The first-order valence-corrected chi connectivity index (χ1v) is 11.9. The van der Waals surface area contributed by atoms with E-state index in [9.17, 15) is 8.78 Å². The van der Waals surface area contributed by atoms with Crippen LogP contribution < -0.4 is 14.4 Å². The fourth-order valence-electron chi connectivity index (χ4n) is 4.58. The van der Waals surface area contributed by atoms with E-state index in [0.29, 0.717) is 23.7 Å². The third kappa shape index (κ3) is 5.33. The van der Waals surface area contributed by atoms with E-state index in [0.717, 1.165) is 61.8 Å². The molecule has 2 aliphatic rings. The molecule has 0 bridgehead atoms. The van der Waals surface area contributed by atoms with E-state index in [-0.39, 0.29) is 6.79 Å². The number of nitrogens with zero attached hydrogens (tertiary/aromatic N) is 3. The summed E-state index contributed by atoms with van der Waals surface area (Å²) in [5, 5.41) is 4.13. The third-order valence-electron chi connectivity index (χ3n) is 6.44. The summed E-state index contributed by atoms with van der Waals surface area (Å²) in [5.41, 5.74) is 2.00. The molecule has 0 amide bonds. The standard InChI is InChI=1S/C26H29F2N3O3/c27-21-8-7-20(15-22(21)28)23-16-26(34-29-23)31(13-5-12-30-10-3-1-2-4-11-30)17-19-6-9-24-25(14-19)33-18-32-24/h6-9,14-16H,1-5,10-13,17-18H2. The predicted octanol–water partition coefficient (Wildman–Crippen LogP) is 5.62. The van der Waals surface area contributed by atoms with E-state index in [1.54, 1.807) is 6.07 Å². The summed E-state index contributed by atoms with van der Waals surface area (Å²) in [6.45, 7) is 4.95. The number of hydrogen-bond donors (Lipinski definition) is 0. The molecule has 0 radical (unpaired) electrons. The Hall–Kier alpha value is -3.13. The van der Waals surface area contributed by atoms with Crippen LogP contribution in [0.25, 0.3) is 11.3 Å². The molecule has 0 N–H and O–H groups in total. The van der Waals surface area contributed by atoms with Crippen LogP contribution in [-0.2, 0) is 6.54 Å². The van der Waals surface area contributed by atoms with Crippen LogP contribution in [0, 0.1) is 11.6 Å². The zero-order valence-corrected chi connectivity index (χ0v) is 19.1. The van der Waals surface area contributed by atoms with Gasteiger partial charge in [0.2, 0.25) is 12.7 Å². The molecule has 0 atom stereocenters. The zero-order valence-electron chi connectivity index (χ0n) is 19.1. The van der Waals surface area contributed by atoms with Crippen molar-refractivity contribution in [2.24, 2.45) is 0 Å². The van der Waals surface area contributed by atoms with E-state index in [2.05, 4.69) is 15.0 Å². The molecule has 1 saturated heterocycles. The number of fused-ring (bicyclic) bond motifs is 1. The topological polar surface area (TPSA) is 51.0 Å². The number of hydrogen-bond acceptors (Lipinski definition) is 6. The van der Waals surface area contributed by atoms with Crippen LogP contribution in [0.3, 0.4) is 0 Å². The third-order valence-corrected chi connectivity index (χ3v) is 6.44. The first-order chi connectivity index (χ1) is 16.7. The lowest BCUT2D eigenvalue weighted by Crippen LogP contribution is -2.30. The van der Waals surface area contributed by atoms with Crippen molar-refractivity contribution in [1.82, 2.24) is 10.1 Å². The van der Waals surface area contributed by atoms with Gasteiger partial charge in [-0.2, -0.15) is 0 Å². The van der Waals surface area contributed by atoms with E-state index < -0.39 is 11.6 Å². The van der Waals surface area contributed by atoms with Crippen molar-refractivity contribution < 1.29 is 22.8 Å². The molecule has 0 unspecified atom stereocenters. The van der Waals surface area contributed by atoms with E-state index in [1.165, 1.54) is 31.7 Å². The molecular weight excluding hydrogens is 440 g/mol. The number of halogens is 2. The molecule has 2 aliphatic heterocycles. The maximum absolute atomic E-state index is 13.7. The summed E-state index contributed by atoms with van der Waals surface area (Å²) in [6.07, 6.45) is 6.14. The van der Waals surface area contributed by atoms with Gasteiger partial charge in [-0.25, -0.2) is 8.78 Å². The number of rotatable bonds is 8. The summed E-state index contributed by atoms with van der Waals surface area (Å²) in [5.74, 6) is 0.286. The highest BCUT2D eigenvalue weighted by Gasteiger charge is 2.19. The Morgan fingerprint density at radius 2 is 1.71 bits per heavy atom. The maximum Gasteiger partial charge on any atom is 0.231 e. The Kier molecular flexibility index (Phi) is 6.94. The molecule has 3 aromatic rings. The largest absolute Gasteiger partial charge is 0.454 e.